The number of rotatable bonds is 5. The molecule has 0 fully saturated rings. The van der Waals surface area contributed by atoms with E-state index in [0.717, 1.165) is 16.9 Å². The molecule has 43 heavy (non-hydrogen) atoms. The van der Waals surface area contributed by atoms with Gasteiger partial charge in [-0.05, 0) is 123 Å². The van der Waals surface area contributed by atoms with Crippen LogP contribution in [0.2, 0.25) is 0 Å². The Morgan fingerprint density at radius 1 is 0.512 bits per heavy atom. The minimum absolute atomic E-state index is 0.553. The van der Waals surface area contributed by atoms with Gasteiger partial charge in [0.25, 0.3) is 0 Å². The molecule has 0 atom stereocenters. The molecule has 0 saturated carbocycles. The first-order valence-electron chi connectivity index (χ1n) is 14.7. The topological polar surface area (TPSA) is 54.8 Å². The Hall–Kier alpha value is -4.90. The van der Waals surface area contributed by atoms with Crippen molar-refractivity contribution in [3.63, 3.8) is 0 Å². The molecule has 0 N–H and O–H groups in total. The molecule has 2 heterocycles. The second-order valence-corrected chi connectivity index (χ2v) is 11.5. The van der Waals surface area contributed by atoms with Crippen LogP contribution in [0.15, 0.2) is 79.3 Å². The molecule has 6 aromatic rings. The first-order valence-corrected chi connectivity index (χ1v) is 14.7. The molecule has 0 aliphatic carbocycles. The molecule has 0 saturated heterocycles. The van der Waals surface area contributed by atoms with Gasteiger partial charge in [0, 0.05) is 23.6 Å². The fourth-order valence-corrected chi connectivity index (χ4v) is 6.23. The van der Waals surface area contributed by atoms with Crippen molar-refractivity contribution in [3.05, 3.63) is 124 Å². The number of hydrogen-bond acceptors (Lipinski definition) is 5. The first-order chi connectivity index (χ1) is 20.7. The van der Waals surface area contributed by atoms with Crippen molar-refractivity contribution in [3.8, 4) is 22.4 Å². The van der Waals surface area contributed by atoms with Crippen LogP contribution < -0.4 is 4.90 Å². The van der Waals surface area contributed by atoms with Gasteiger partial charge in [-0.2, -0.15) is 0 Å². The van der Waals surface area contributed by atoms with Crippen LogP contribution in [0.25, 0.3) is 33.7 Å². The molecule has 0 bridgehead atoms. The summed E-state index contributed by atoms with van der Waals surface area (Å²) in [5.74, 6) is 0. The molecule has 0 spiro atoms. The quantitative estimate of drug-likeness (QED) is 0.209. The number of benzene rings is 4. The second kappa shape index (κ2) is 11.1. The van der Waals surface area contributed by atoms with Crippen LogP contribution in [-0.2, 0) is 0 Å². The van der Waals surface area contributed by atoms with Crippen molar-refractivity contribution in [1.29, 1.82) is 0 Å². The van der Waals surface area contributed by atoms with Gasteiger partial charge in [-0.15, -0.1) is 0 Å². The zero-order valence-electron chi connectivity index (χ0n) is 26.2. The van der Waals surface area contributed by atoms with Crippen LogP contribution in [0.5, 0.6) is 0 Å². The van der Waals surface area contributed by atoms with Crippen molar-refractivity contribution < 1.29 is 0 Å². The van der Waals surface area contributed by atoms with Gasteiger partial charge in [0.05, 0.1) is 23.3 Å². The summed E-state index contributed by atoms with van der Waals surface area (Å²) in [5, 5.41) is 0. The molecule has 4 aromatic carbocycles. The number of nitrogens with zero attached hydrogens (tertiary/aromatic N) is 5. The number of aromatic nitrogens is 4. The van der Waals surface area contributed by atoms with E-state index in [1.165, 1.54) is 67.0 Å². The van der Waals surface area contributed by atoms with Gasteiger partial charge in [0.1, 0.15) is 0 Å². The van der Waals surface area contributed by atoms with Crippen LogP contribution in [0.1, 0.15) is 44.5 Å². The smallest absolute Gasteiger partial charge is 0.198 e. The first kappa shape index (κ1) is 28.2. The maximum Gasteiger partial charge on any atom is 0.198 e. The van der Waals surface area contributed by atoms with E-state index >= 15 is 0 Å². The van der Waals surface area contributed by atoms with E-state index in [2.05, 4.69) is 136 Å². The molecule has 0 aliphatic rings. The van der Waals surface area contributed by atoms with E-state index in [1.807, 2.05) is 6.20 Å². The minimum Gasteiger partial charge on any atom is -0.309 e. The van der Waals surface area contributed by atoms with Gasteiger partial charge in [-0.3, -0.25) is 0 Å². The van der Waals surface area contributed by atoms with Crippen LogP contribution in [0, 0.1) is 55.4 Å². The highest BCUT2D eigenvalue weighted by atomic mass is 15.2. The lowest BCUT2D eigenvalue weighted by Crippen LogP contribution is -2.18. The van der Waals surface area contributed by atoms with Gasteiger partial charge in [-0.1, -0.05) is 48.5 Å². The van der Waals surface area contributed by atoms with Crippen molar-refractivity contribution in [2.75, 3.05) is 4.90 Å². The minimum atomic E-state index is 0.553. The van der Waals surface area contributed by atoms with E-state index in [4.69, 9.17) is 4.98 Å². The third kappa shape index (κ3) is 4.85. The van der Waals surface area contributed by atoms with E-state index in [1.54, 1.807) is 12.4 Å². The Kier molecular flexibility index (Phi) is 7.26. The van der Waals surface area contributed by atoms with Crippen molar-refractivity contribution in [2.24, 2.45) is 0 Å². The third-order valence-corrected chi connectivity index (χ3v) is 9.04. The maximum absolute atomic E-state index is 4.88. The third-order valence-electron chi connectivity index (χ3n) is 9.04. The highest BCUT2D eigenvalue weighted by Gasteiger charge is 2.26. The average Bonchev–Trinajstić information content (AvgIpc) is 3.03. The molecular weight excluding hydrogens is 526 g/mol. The van der Waals surface area contributed by atoms with Crippen LogP contribution in [0.4, 0.5) is 17.1 Å². The van der Waals surface area contributed by atoms with Crippen molar-refractivity contribution in [2.45, 2.75) is 55.4 Å². The number of anilines is 3. The monoisotopic (exact) mass is 563 g/mol. The average molecular weight is 564 g/mol. The van der Waals surface area contributed by atoms with Gasteiger partial charge in [0.2, 0.25) is 0 Å². The van der Waals surface area contributed by atoms with Crippen LogP contribution in [-0.4, -0.2) is 19.9 Å². The molecule has 0 unspecified atom stereocenters. The van der Waals surface area contributed by atoms with Crippen molar-refractivity contribution in [1.82, 2.24) is 19.9 Å². The Labute approximate surface area is 254 Å². The normalized spacial score (nSPS) is 11.3. The SMILES string of the molecule is Cc1cc(C)c(C)c(N(c2ccc(-c3ccccc3)cc2)c2c(C)c(C)c(-c3cnc4nccnc4n3)c(C)c2C)c1C. The molecule has 5 heteroatoms. The van der Waals surface area contributed by atoms with Crippen LogP contribution >= 0.6 is 0 Å². The lowest BCUT2D eigenvalue weighted by Gasteiger charge is -2.34. The van der Waals surface area contributed by atoms with Gasteiger partial charge < -0.3 is 4.90 Å². The summed E-state index contributed by atoms with van der Waals surface area (Å²) < 4.78 is 0. The summed E-state index contributed by atoms with van der Waals surface area (Å²) in [6, 6.07) is 21.8. The second-order valence-electron chi connectivity index (χ2n) is 11.5. The summed E-state index contributed by atoms with van der Waals surface area (Å²) in [7, 11) is 0. The zero-order valence-corrected chi connectivity index (χ0v) is 26.2. The lowest BCUT2D eigenvalue weighted by atomic mass is 9.88. The summed E-state index contributed by atoms with van der Waals surface area (Å²) in [6.45, 7) is 17.8. The van der Waals surface area contributed by atoms with E-state index < -0.39 is 0 Å². The molecule has 0 amide bonds. The summed E-state index contributed by atoms with van der Waals surface area (Å²) in [6.07, 6.45) is 5.13. The molecule has 6 rings (SSSR count). The Bertz CT molecular complexity index is 1940. The molecule has 2 aromatic heterocycles. The number of hydrogen-bond donors (Lipinski definition) is 0. The summed E-state index contributed by atoms with van der Waals surface area (Å²) in [4.78, 5) is 20.7. The zero-order chi connectivity index (χ0) is 30.4. The van der Waals surface area contributed by atoms with E-state index in [-0.39, 0.29) is 0 Å². The largest absolute Gasteiger partial charge is 0.309 e. The Balaban J connectivity index is 1.60. The molecule has 0 radical (unpaired) electrons. The number of aryl methyl sites for hydroxylation is 2. The Morgan fingerprint density at radius 3 is 1.65 bits per heavy atom. The molecule has 0 aliphatic heterocycles. The highest BCUT2D eigenvalue weighted by Crippen LogP contribution is 2.47. The molecule has 5 nitrogen and oxygen atoms in total. The van der Waals surface area contributed by atoms with Crippen LogP contribution in [0.3, 0.4) is 0 Å². The molecular formula is C38H37N5. The fourth-order valence-electron chi connectivity index (χ4n) is 6.23. The maximum atomic E-state index is 4.88. The van der Waals surface area contributed by atoms with E-state index in [0.29, 0.717) is 11.3 Å². The summed E-state index contributed by atoms with van der Waals surface area (Å²) in [5.41, 5.74) is 19.0. The Morgan fingerprint density at radius 2 is 1.05 bits per heavy atom. The summed E-state index contributed by atoms with van der Waals surface area (Å²) >= 11 is 0. The standard InChI is InChI=1S/C38H37N5/c1-22-20-23(2)25(4)35(24(22)3)43(32-16-14-31(15-17-32)30-12-10-9-11-13-30)36-28(7)26(5)34(27(6)29(36)8)33-21-41-37-38(42-33)40-19-18-39-37/h9-21H,1-8H3. The van der Waals surface area contributed by atoms with E-state index in [9.17, 15) is 0 Å². The predicted octanol–water partition coefficient (Wildman–Crippen LogP) is 9.69. The fraction of sp³-hybridized carbons (Fsp3) is 0.211. The highest BCUT2D eigenvalue weighted by molar-refractivity contribution is 5.89. The number of fused-ring (bicyclic) bond motifs is 1. The predicted molar refractivity (Wildman–Crippen MR) is 179 cm³/mol. The lowest BCUT2D eigenvalue weighted by molar-refractivity contribution is 1.12. The van der Waals surface area contributed by atoms with Gasteiger partial charge >= 0.3 is 0 Å². The van der Waals surface area contributed by atoms with Gasteiger partial charge in [-0.25, -0.2) is 19.9 Å². The van der Waals surface area contributed by atoms with Crippen molar-refractivity contribution >= 4 is 28.4 Å². The van der Waals surface area contributed by atoms with Gasteiger partial charge in [0.15, 0.2) is 11.3 Å². The molecule has 214 valence electrons.